The first-order valence-electron chi connectivity index (χ1n) is 5.67. The van der Waals surface area contributed by atoms with Crippen molar-refractivity contribution >= 4 is 11.4 Å². The molecular weight excluding hydrogens is 234 g/mol. The molecular formula is C12H13N3O3. The van der Waals surface area contributed by atoms with E-state index in [1.165, 1.54) is 6.07 Å². The van der Waals surface area contributed by atoms with Crippen molar-refractivity contribution in [3.05, 3.63) is 33.9 Å². The highest BCUT2D eigenvalue weighted by Gasteiger charge is 2.20. The molecule has 1 aliphatic heterocycles. The van der Waals surface area contributed by atoms with Crippen molar-refractivity contribution in [2.24, 2.45) is 0 Å². The van der Waals surface area contributed by atoms with Crippen LogP contribution in [0.3, 0.4) is 0 Å². The maximum absolute atomic E-state index is 10.7. The van der Waals surface area contributed by atoms with Crippen LogP contribution in [0.25, 0.3) is 0 Å². The molecule has 6 heteroatoms. The second kappa shape index (κ2) is 5.02. The van der Waals surface area contributed by atoms with Crippen molar-refractivity contribution in [2.75, 3.05) is 24.6 Å². The van der Waals surface area contributed by atoms with Crippen LogP contribution in [0.4, 0.5) is 11.4 Å². The van der Waals surface area contributed by atoms with Crippen LogP contribution >= 0.6 is 0 Å². The number of ether oxygens (including phenoxy) is 1. The first-order valence-corrected chi connectivity index (χ1v) is 5.67. The lowest BCUT2D eigenvalue weighted by Crippen LogP contribution is -2.41. The van der Waals surface area contributed by atoms with Crippen molar-refractivity contribution in [1.82, 2.24) is 0 Å². The lowest BCUT2D eigenvalue weighted by atomic mass is 10.1. The average Bonchev–Trinajstić information content (AvgIpc) is 2.37. The predicted molar refractivity (Wildman–Crippen MR) is 65.4 cm³/mol. The Bertz CT molecular complexity index is 510. The van der Waals surface area contributed by atoms with Gasteiger partial charge in [-0.3, -0.25) is 10.1 Å². The Balaban J connectivity index is 2.30. The summed E-state index contributed by atoms with van der Waals surface area (Å²) in [6.07, 6.45) is 0.125. The number of anilines is 1. The molecule has 1 fully saturated rings. The Labute approximate surface area is 105 Å². The SMILES string of the molecule is CC1CN(c2ccc([N+](=O)[O-])c(C#N)c2)CCO1. The molecule has 0 spiro atoms. The maximum atomic E-state index is 10.7. The van der Waals surface area contributed by atoms with E-state index in [-0.39, 0.29) is 17.4 Å². The Morgan fingerprint density at radius 1 is 1.61 bits per heavy atom. The van der Waals surface area contributed by atoms with E-state index >= 15 is 0 Å². The molecule has 6 nitrogen and oxygen atoms in total. The summed E-state index contributed by atoms with van der Waals surface area (Å²) in [5, 5.41) is 19.7. The summed E-state index contributed by atoms with van der Waals surface area (Å²) in [7, 11) is 0. The standard InChI is InChI=1S/C12H13N3O3/c1-9-8-14(4-5-18-9)11-2-3-12(15(16)17)10(6-11)7-13/h2-3,6,9H,4-5,8H2,1H3. The second-order valence-corrected chi connectivity index (χ2v) is 4.20. The third-order valence-corrected chi connectivity index (χ3v) is 2.90. The van der Waals surface area contributed by atoms with Gasteiger partial charge in [0.2, 0.25) is 0 Å². The van der Waals surface area contributed by atoms with Gasteiger partial charge in [0.25, 0.3) is 5.69 Å². The van der Waals surface area contributed by atoms with Gasteiger partial charge in [-0.1, -0.05) is 0 Å². The Hall–Kier alpha value is -2.13. The predicted octanol–water partition coefficient (Wildman–Crippen LogP) is 1.69. The molecule has 1 aromatic carbocycles. The summed E-state index contributed by atoms with van der Waals surface area (Å²) >= 11 is 0. The number of morpholine rings is 1. The normalized spacial score (nSPS) is 19.3. The molecule has 0 saturated carbocycles. The summed E-state index contributed by atoms with van der Waals surface area (Å²) in [4.78, 5) is 12.3. The van der Waals surface area contributed by atoms with Crippen molar-refractivity contribution in [3.8, 4) is 6.07 Å². The van der Waals surface area contributed by atoms with Gasteiger partial charge in [-0.2, -0.15) is 5.26 Å². The minimum absolute atomic E-state index is 0.0941. The van der Waals surface area contributed by atoms with E-state index in [2.05, 4.69) is 4.90 Å². The van der Waals surface area contributed by atoms with Crippen molar-refractivity contribution in [1.29, 1.82) is 5.26 Å². The van der Waals surface area contributed by atoms with Crippen molar-refractivity contribution < 1.29 is 9.66 Å². The zero-order valence-corrected chi connectivity index (χ0v) is 10.00. The lowest BCUT2D eigenvalue weighted by Gasteiger charge is -2.32. The minimum Gasteiger partial charge on any atom is -0.375 e. The number of nitrogens with zero attached hydrogens (tertiary/aromatic N) is 3. The third-order valence-electron chi connectivity index (χ3n) is 2.90. The van der Waals surface area contributed by atoms with Gasteiger partial charge >= 0.3 is 0 Å². The largest absolute Gasteiger partial charge is 0.375 e. The third kappa shape index (κ3) is 2.41. The first-order chi connectivity index (χ1) is 8.61. The highest BCUT2D eigenvalue weighted by atomic mass is 16.6. The van der Waals surface area contributed by atoms with Gasteiger partial charge in [-0.25, -0.2) is 0 Å². The number of rotatable bonds is 2. The average molecular weight is 247 g/mol. The summed E-state index contributed by atoms with van der Waals surface area (Å²) in [6, 6.07) is 6.49. The van der Waals surface area contributed by atoms with Crippen LogP contribution in [-0.2, 0) is 4.74 Å². The van der Waals surface area contributed by atoms with E-state index in [0.717, 1.165) is 18.8 Å². The minimum atomic E-state index is -0.537. The summed E-state index contributed by atoms with van der Waals surface area (Å²) in [5.41, 5.74) is 0.770. The smallest absolute Gasteiger partial charge is 0.287 e. The van der Waals surface area contributed by atoms with E-state index in [4.69, 9.17) is 10.00 Å². The molecule has 1 atom stereocenters. The number of nitro groups is 1. The van der Waals surface area contributed by atoms with Crippen molar-refractivity contribution in [2.45, 2.75) is 13.0 Å². The van der Waals surface area contributed by atoms with E-state index in [0.29, 0.717) is 6.61 Å². The van der Waals surface area contributed by atoms with Gasteiger partial charge in [0.15, 0.2) is 0 Å². The Kier molecular flexibility index (Phi) is 3.44. The molecule has 1 aliphatic rings. The molecule has 0 radical (unpaired) electrons. The number of hydrogen-bond donors (Lipinski definition) is 0. The topological polar surface area (TPSA) is 79.4 Å². The Morgan fingerprint density at radius 2 is 2.39 bits per heavy atom. The molecule has 0 aromatic heterocycles. The number of benzene rings is 1. The highest BCUT2D eigenvalue weighted by molar-refractivity contribution is 5.60. The van der Waals surface area contributed by atoms with Crippen LogP contribution in [0.2, 0.25) is 0 Å². The highest BCUT2D eigenvalue weighted by Crippen LogP contribution is 2.25. The fourth-order valence-electron chi connectivity index (χ4n) is 2.02. The van der Waals surface area contributed by atoms with Gasteiger partial charge in [0.1, 0.15) is 11.6 Å². The van der Waals surface area contributed by atoms with Crippen LogP contribution in [0.5, 0.6) is 0 Å². The molecule has 0 aliphatic carbocycles. The monoisotopic (exact) mass is 247 g/mol. The fraction of sp³-hybridized carbons (Fsp3) is 0.417. The lowest BCUT2D eigenvalue weighted by molar-refractivity contribution is -0.385. The molecule has 18 heavy (non-hydrogen) atoms. The van der Waals surface area contributed by atoms with E-state index in [9.17, 15) is 10.1 Å². The van der Waals surface area contributed by atoms with Crippen LogP contribution < -0.4 is 4.90 Å². The van der Waals surface area contributed by atoms with E-state index in [1.807, 2.05) is 13.0 Å². The summed E-state index contributed by atoms with van der Waals surface area (Å²) in [6.45, 7) is 4.05. The molecule has 0 N–H and O–H groups in total. The van der Waals surface area contributed by atoms with Crippen LogP contribution in [-0.4, -0.2) is 30.7 Å². The Morgan fingerprint density at radius 3 is 3.00 bits per heavy atom. The second-order valence-electron chi connectivity index (χ2n) is 4.20. The van der Waals surface area contributed by atoms with Gasteiger partial charge < -0.3 is 9.64 Å². The van der Waals surface area contributed by atoms with Gasteiger partial charge in [0, 0.05) is 24.8 Å². The summed E-state index contributed by atoms with van der Waals surface area (Å²) < 4.78 is 5.43. The molecule has 0 bridgehead atoms. The van der Waals surface area contributed by atoms with Crippen LogP contribution in [0.1, 0.15) is 12.5 Å². The maximum Gasteiger partial charge on any atom is 0.287 e. The molecule has 94 valence electrons. The fourth-order valence-corrected chi connectivity index (χ4v) is 2.02. The molecule has 1 saturated heterocycles. The molecule has 1 aromatic rings. The first kappa shape index (κ1) is 12.3. The van der Waals surface area contributed by atoms with E-state index < -0.39 is 4.92 Å². The van der Waals surface area contributed by atoms with Crippen molar-refractivity contribution in [3.63, 3.8) is 0 Å². The quantitative estimate of drug-likeness (QED) is 0.587. The molecule has 0 amide bonds. The molecule has 1 unspecified atom stereocenters. The number of nitro benzene ring substituents is 1. The zero-order chi connectivity index (χ0) is 13.1. The van der Waals surface area contributed by atoms with Crippen LogP contribution in [0.15, 0.2) is 18.2 Å². The van der Waals surface area contributed by atoms with Gasteiger partial charge in [-0.05, 0) is 19.1 Å². The molecule has 2 rings (SSSR count). The van der Waals surface area contributed by atoms with Crippen LogP contribution in [0, 0.1) is 21.4 Å². The van der Waals surface area contributed by atoms with Gasteiger partial charge in [-0.15, -0.1) is 0 Å². The number of hydrogen-bond acceptors (Lipinski definition) is 5. The van der Waals surface area contributed by atoms with E-state index in [1.54, 1.807) is 12.1 Å². The molecule has 1 heterocycles. The summed E-state index contributed by atoms with van der Waals surface area (Å²) in [5.74, 6) is 0. The van der Waals surface area contributed by atoms with Gasteiger partial charge in [0.05, 0.1) is 17.6 Å². The zero-order valence-electron chi connectivity index (χ0n) is 10.00. The number of nitriles is 1.